The summed E-state index contributed by atoms with van der Waals surface area (Å²) < 4.78 is 90.7. The molecule has 2 saturated heterocycles. The van der Waals surface area contributed by atoms with Gasteiger partial charge < -0.3 is 63.7 Å². The fourth-order valence-corrected chi connectivity index (χ4v) is 18.0. The van der Waals surface area contributed by atoms with Crippen LogP contribution in [0.3, 0.4) is 0 Å². The van der Waals surface area contributed by atoms with Gasteiger partial charge in [0, 0.05) is 101 Å². The molecule has 31 nitrogen and oxygen atoms in total. The Balaban J connectivity index is 0.000000122. The number of H-pyrrole nitrogens is 2. The van der Waals surface area contributed by atoms with Crippen molar-refractivity contribution in [2.24, 2.45) is 5.73 Å². The molecular formula is C97H90ClFN18O13S. The molecule has 0 aliphatic carbocycles. The van der Waals surface area contributed by atoms with E-state index in [0.717, 1.165) is 123 Å². The number of ether oxygens (including phenoxy) is 7. The number of allylic oxidation sites excluding steroid dienone is 1. The number of hydrogen-bond acceptors (Lipinski definition) is 25. The molecule has 6 N–H and O–H groups in total. The lowest BCUT2D eigenvalue weighted by Crippen LogP contribution is -2.46. The molecule has 0 unspecified atom stereocenters. The molecule has 0 atom stereocenters. The number of sulfonamides is 1. The number of esters is 1. The van der Waals surface area contributed by atoms with Crippen molar-refractivity contribution in [1.82, 2.24) is 73.4 Å². The predicted octanol–water partition coefficient (Wildman–Crippen LogP) is 16.1. The number of benzene rings is 9. The number of fused-ring (bicyclic) bond motifs is 6. The van der Waals surface area contributed by atoms with E-state index >= 15 is 0 Å². The maximum atomic E-state index is 14.3. The Hall–Kier alpha value is -15.4. The minimum absolute atomic E-state index is 0.0276. The van der Waals surface area contributed by atoms with Gasteiger partial charge in [-0.2, -0.15) is 14.6 Å². The molecule has 20 rings (SSSR count). The van der Waals surface area contributed by atoms with E-state index in [4.69, 9.17) is 60.7 Å². The molecular weight excluding hydrogens is 1710 g/mol. The molecule has 0 bridgehead atoms. The van der Waals surface area contributed by atoms with E-state index < -0.39 is 32.8 Å². The molecule has 0 saturated carbocycles. The molecule has 131 heavy (non-hydrogen) atoms. The summed E-state index contributed by atoms with van der Waals surface area (Å²) in [5.41, 5.74) is 23.9. The van der Waals surface area contributed by atoms with E-state index in [0.29, 0.717) is 78.5 Å². The van der Waals surface area contributed by atoms with Gasteiger partial charge in [0.15, 0.2) is 34.2 Å². The molecule has 0 radical (unpaired) electrons. The Morgan fingerprint density at radius 2 is 1.36 bits per heavy atom. The van der Waals surface area contributed by atoms with E-state index in [2.05, 4.69) is 96.2 Å². The molecule has 16 aromatic rings. The molecule has 0 amide bonds. The normalized spacial score (nSPS) is 14.1. The van der Waals surface area contributed by atoms with Crippen molar-refractivity contribution in [1.29, 1.82) is 5.26 Å². The lowest BCUT2D eigenvalue weighted by molar-refractivity contribution is -0.131. The summed E-state index contributed by atoms with van der Waals surface area (Å²) in [6.45, 7) is 11.0. The molecule has 7 aromatic heterocycles. The fraction of sp³-hybridized carbons (Fsp3) is 0.216. The van der Waals surface area contributed by atoms with Gasteiger partial charge in [-0.3, -0.25) is 23.9 Å². The van der Waals surface area contributed by atoms with Crippen LogP contribution in [0.5, 0.6) is 40.4 Å². The third-order valence-electron chi connectivity index (χ3n) is 22.8. The van der Waals surface area contributed by atoms with Crippen LogP contribution >= 0.6 is 11.6 Å². The number of nitrogen functional groups attached to an aromatic ring is 1. The smallest absolute Gasteiger partial charge is 0.308 e. The average Bonchev–Trinajstić information content (AvgIpc) is 1.70. The largest absolute Gasteiger partial charge is 0.497 e. The second-order valence-electron chi connectivity index (χ2n) is 31.1. The third-order valence-corrected chi connectivity index (χ3v) is 25.0. The highest BCUT2D eigenvalue weighted by molar-refractivity contribution is 7.89. The summed E-state index contributed by atoms with van der Waals surface area (Å²) in [5, 5.41) is 22.6. The summed E-state index contributed by atoms with van der Waals surface area (Å²) in [7, 11) is -0.487. The molecule has 2 fully saturated rings. The summed E-state index contributed by atoms with van der Waals surface area (Å²) >= 11 is 6.15. The number of hydrogen-bond donors (Lipinski definition) is 4. The number of carbonyl (C=O) groups is 2. The number of para-hydroxylation sites is 3. The van der Waals surface area contributed by atoms with Gasteiger partial charge in [-0.15, -0.1) is 5.10 Å². The molecule has 34 heteroatoms. The van der Waals surface area contributed by atoms with Gasteiger partial charge in [0.2, 0.25) is 27.7 Å². The molecule has 666 valence electrons. The highest BCUT2D eigenvalue weighted by atomic mass is 35.5. The number of nitrogens with two attached hydrogens (primary N) is 2. The van der Waals surface area contributed by atoms with Crippen LogP contribution in [0.15, 0.2) is 263 Å². The monoisotopic (exact) mass is 1800 g/mol. The van der Waals surface area contributed by atoms with Gasteiger partial charge >= 0.3 is 5.97 Å². The molecule has 4 aliphatic rings. The molecule has 4 aliphatic heterocycles. The van der Waals surface area contributed by atoms with Crippen molar-refractivity contribution < 1.29 is 60.1 Å². The number of ketones is 1. The quantitative estimate of drug-likeness (QED) is 0.0352. The number of aromatic nitrogens is 13. The minimum Gasteiger partial charge on any atom is -0.497 e. The number of carbonyl (C=O) groups excluding carboxylic acids is 2. The van der Waals surface area contributed by atoms with Gasteiger partial charge in [0.25, 0.3) is 5.56 Å². The number of nitriles is 1. The zero-order chi connectivity index (χ0) is 91.5. The second kappa shape index (κ2) is 39.5. The Labute approximate surface area is 756 Å². The zero-order valence-corrected chi connectivity index (χ0v) is 73.7. The highest BCUT2D eigenvalue weighted by Crippen LogP contribution is 2.49. The molecule has 11 heterocycles. The van der Waals surface area contributed by atoms with Crippen LogP contribution in [-0.4, -0.2) is 147 Å². The van der Waals surface area contributed by atoms with E-state index in [9.17, 15) is 32.5 Å². The first-order valence-electron chi connectivity index (χ1n) is 42.0. The highest BCUT2D eigenvalue weighted by Gasteiger charge is 2.48. The summed E-state index contributed by atoms with van der Waals surface area (Å²) in [6, 6.07) is 71.9. The van der Waals surface area contributed by atoms with Crippen LogP contribution in [0.25, 0.3) is 67.0 Å². The predicted molar refractivity (Wildman–Crippen MR) is 490 cm³/mol. The number of likely N-dealkylation sites (tertiary alicyclic amines) is 1. The van der Waals surface area contributed by atoms with Gasteiger partial charge in [-0.25, -0.2) is 37.4 Å². The van der Waals surface area contributed by atoms with E-state index in [-0.39, 0.29) is 69.8 Å². The van der Waals surface area contributed by atoms with Crippen LogP contribution in [0.4, 0.5) is 10.3 Å². The van der Waals surface area contributed by atoms with Crippen molar-refractivity contribution in [3.05, 3.63) is 315 Å². The van der Waals surface area contributed by atoms with Crippen LogP contribution in [-0.2, 0) is 39.9 Å². The van der Waals surface area contributed by atoms with Crippen LogP contribution in [0.2, 0.25) is 5.02 Å². The van der Waals surface area contributed by atoms with E-state index in [1.807, 2.05) is 170 Å². The fourth-order valence-electron chi connectivity index (χ4n) is 16.3. The van der Waals surface area contributed by atoms with Crippen molar-refractivity contribution >= 4 is 72.4 Å². The number of rotatable bonds is 18. The van der Waals surface area contributed by atoms with E-state index in [1.165, 1.54) is 45.7 Å². The number of methoxy groups -OCH3 is 2. The lowest BCUT2D eigenvalue weighted by Gasteiger charge is -2.42. The molecule has 1 spiro atoms. The maximum absolute atomic E-state index is 14.3. The first-order valence-corrected chi connectivity index (χ1v) is 43.8. The van der Waals surface area contributed by atoms with Crippen LogP contribution < -0.4 is 50.2 Å². The number of aryl methyl sites for hydroxylation is 1. The van der Waals surface area contributed by atoms with Crippen molar-refractivity contribution in [2.45, 2.75) is 89.3 Å². The lowest BCUT2D eigenvalue weighted by atomic mass is 9.69. The SMILES string of the molecule is COc1ccc(-c2cc(COc3ccccc3)on2)cc1.COc1ccc(-n2c(C)c(C(C)=O)c3cc(OC(C)=O)ccc32)cc1.Cc1nc2c([nH]1)C1(CCN(Cc3ccccc3)CC1)C(C#N)=C(N)O2.Nc1nccc(-c2ccc(-n3cnc4ccccc43)cc2)n1.O=c1[nH]c(C2CCN(S(=O)(=O)c3ccc4c(c3)OCCO4)CC2)nc2c1nnn2Cc1c(F)cccc1Cl. The topological polar surface area (TPSA) is 395 Å². The molecule has 9 aromatic carbocycles. The maximum Gasteiger partial charge on any atom is 0.308 e. The summed E-state index contributed by atoms with van der Waals surface area (Å²) in [5.74, 6) is 5.47. The Morgan fingerprint density at radius 1 is 0.687 bits per heavy atom. The van der Waals surface area contributed by atoms with Crippen LogP contribution in [0, 0.1) is 31.0 Å². The Bertz CT molecular complexity index is 7070. The van der Waals surface area contributed by atoms with Gasteiger partial charge in [0.05, 0.1) is 59.0 Å². The standard InChI is InChI=1S/C24H22ClFN6O5S.C20H19NO4.C19H21N5O.C17H13N5.C17H15NO3/c25-17-2-1-3-18(26)16(17)13-32-23-21(29-30-32)24(33)28-22(27-23)14-6-8-31(9-7-14)38(34,35)15-4-5-19-20(12-15)37-11-10-36-19;1-12-20(13(2)22)18-11-17(25-14(3)23)9-10-19(18)21(12)15-5-7-16(24-4)8-6-15;1-13-22-16-18(23-13)25-17(21)15(11-20)19(16)7-9-24(10-8-19)12-14-5-3-2-4-6-14;18-17-19-10-9-14(21-17)12-5-7-13(8-6-12)22-11-20-15-3-1-2-4-16(15)22;1-19-14-9-7-13(8-10-14)17-11-16(21-18-17)12-20-15-5-3-2-4-6-15/h1-5,12,14H,6-11,13H2,(H,27,28,33);5-11H,1-4H3;2-6H,7-10,12,21H2,1H3,(H,22,23);1-11H,(H2,18,19,21);2-11H,12H2,1H3. The number of nitrogens with zero attached hydrogens (tertiary/aromatic N) is 14. The van der Waals surface area contributed by atoms with Crippen molar-refractivity contribution in [3.8, 4) is 80.3 Å². The average molecular weight is 1800 g/mol. The number of nitrogens with one attached hydrogen (secondary N) is 2. The number of anilines is 1. The first-order chi connectivity index (χ1) is 63.5. The number of imidazole rings is 2. The minimum atomic E-state index is -3.75. The van der Waals surface area contributed by atoms with Crippen LogP contribution in [0.1, 0.15) is 95.7 Å². The van der Waals surface area contributed by atoms with Crippen molar-refractivity contribution in [3.63, 3.8) is 0 Å². The van der Waals surface area contributed by atoms with E-state index in [1.54, 1.807) is 51.6 Å². The second-order valence-corrected chi connectivity index (χ2v) is 33.5. The van der Waals surface area contributed by atoms with Gasteiger partial charge in [0.1, 0.15) is 83.9 Å². The summed E-state index contributed by atoms with van der Waals surface area (Å²) in [6.07, 6.45) is 6.03. The number of aromatic amines is 2. The summed E-state index contributed by atoms with van der Waals surface area (Å²) in [4.78, 5) is 66.3. The third kappa shape index (κ3) is 19.9. The van der Waals surface area contributed by atoms with Gasteiger partial charge in [-0.05, 0) is 199 Å². The number of Topliss-reactive ketones (excluding diaryl/α,β-unsaturated/α-hetero) is 1. The Morgan fingerprint density at radius 3 is 2.05 bits per heavy atom. The van der Waals surface area contributed by atoms with Gasteiger partial charge in [-0.1, -0.05) is 101 Å². The first kappa shape index (κ1) is 89.0. The number of piperidine rings is 2. The Kier molecular flexibility index (Phi) is 26.8. The number of halogens is 2. The zero-order valence-electron chi connectivity index (χ0n) is 72.2. The van der Waals surface area contributed by atoms with Crippen molar-refractivity contribution in [2.75, 3.05) is 59.3 Å².